The van der Waals surface area contributed by atoms with E-state index < -0.39 is 6.10 Å². The van der Waals surface area contributed by atoms with E-state index in [0.29, 0.717) is 13.2 Å². The molecule has 4 heteroatoms. The Kier molecular flexibility index (Phi) is 7.34. The third-order valence-corrected chi connectivity index (χ3v) is 2.65. The van der Waals surface area contributed by atoms with Gasteiger partial charge < -0.3 is 15.2 Å². The van der Waals surface area contributed by atoms with Gasteiger partial charge in [-0.05, 0) is 18.8 Å². The molecular formula is C12H25NO3. The number of carbonyl (C=O) groups excluding carboxylic acids is 1. The fraction of sp³-hybridized carbons (Fsp3) is 0.917. The van der Waals surface area contributed by atoms with Crippen LogP contribution in [-0.2, 0) is 9.53 Å². The zero-order chi connectivity index (χ0) is 12.6. The molecule has 0 fully saturated rings. The molecule has 1 unspecified atom stereocenters. The predicted octanol–water partition coefficient (Wildman–Crippen LogP) is 1.33. The molecule has 0 saturated carbocycles. The van der Waals surface area contributed by atoms with Gasteiger partial charge in [-0.2, -0.15) is 0 Å². The van der Waals surface area contributed by atoms with E-state index >= 15 is 0 Å². The summed E-state index contributed by atoms with van der Waals surface area (Å²) < 4.78 is 4.75. The van der Waals surface area contributed by atoms with Crippen LogP contribution in [0.3, 0.4) is 0 Å². The number of ether oxygens (including phenoxy) is 1. The van der Waals surface area contributed by atoms with Gasteiger partial charge in [0, 0.05) is 13.1 Å². The van der Waals surface area contributed by atoms with Crippen molar-refractivity contribution in [3.05, 3.63) is 0 Å². The minimum atomic E-state index is -0.660. The van der Waals surface area contributed by atoms with Crippen LogP contribution in [0, 0.1) is 5.41 Å². The van der Waals surface area contributed by atoms with Gasteiger partial charge in [0.05, 0.1) is 19.1 Å². The largest absolute Gasteiger partial charge is 0.466 e. The summed E-state index contributed by atoms with van der Waals surface area (Å²) in [5, 5.41) is 12.7. The molecular weight excluding hydrogens is 206 g/mol. The molecule has 96 valence electrons. The van der Waals surface area contributed by atoms with Crippen LogP contribution in [0.15, 0.2) is 0 Å². The molecule has 0 aliphatic rings. The van der Waals surface area contributed by atoms with Crippen LogP contribution in [0.1, 0.15) is 40.5 Å². The molecule has 0 aliphatic heterocycles. The summed E-state index contributed by atoms with van der Waals surface area (Å²) >= 11 is 0. The lowest BCUT2D eigenvalue weighted by Crippen LogP contribution is -2.35. The third-order valence-electron chi connectivity index (χ3n) is 2.65. The molecule has 0 bridgehead atoms. The Morgan fingerprint density at radius 3 is 2.56 bits per heavy atom. The summed E-state index contributed by atoms with van der Waals surface area (Å²) in [5.74, 6) is -0.341. The van der Waals surface area contributed by atoms with Crippen LogP contribution < -0.4 is 5.32 Å². The maximum absolute atomic E-state index is 11.1. The number of hydrogen-bond donors (Lipinski definition) is 2. The van der Waals surface area contributed by atoms with E-state index in [1.807, 2.05) is 0 Å². The van der Waals surface area contributed by atoms with Gasteiger partial charge in [0.15, 0.2) is 0 Å². The number of hydrogen-bond acceptors (Lipinski definition) is 4. The Hall–Kier alpha value is -0.610. The monoisotopic (exact) mass is 231 g/mol. The number of nitrogens with one attached hydrogen (secondary N) is 1. The maximum atomic E-state index is 11.1. The third kappa shape index (κ3) is 7.65. The van der Waals surface area contributed by atoms with Crippen molar-refractivity contribution in [2.75, 3.05) is 19.7 Å². The number of aliphatic hydroxyl groups is 1. The first-order valence-corrected chi connectivity index (χ1v) is 5.95. The second kappa shape index (κ2) is 7.63. The average Bonchev–Trinajstić information content (AvgIpc) is 2.17. The first kappa shape index (κ1) is 15.4. The van der Waals surface area contributed by atoms with Crippen molar-refractivity contribution in [1.82, 2.24) is 5.32 Å². The average molecular weight is 231 g/mol. The molecule has 0 saturated heterocycles. The topological polar surface area (TPSA) is 58.6 Å². The fourth-order valence-electron chi connectivity index (χ4n) is 1.19. The highest BCUT2D eigenvalue weighted by molar-refractivity contribution is 5.69. The number of aliphatic hydroxyl groups excluding tert-OH is 1. The minimum Gasteiger partial charge on any atom is -0.466 e. The van der Waals surface area contributed by atoms with Gasteiger partial charge in [0.25, 0.3) is 0 Å². The standard InChI is InChI=1S/C12H25NO3/c1-5-12(3,4)9-13-8-10(14)7-11(15)16-6-2/h10,13-14H,5-9H2,1-4H3. The van der Waals surface area contributed by atoms with Crippen LogP contribution in [0.2, 0.25) is 0 Å². The highest BCUT2D eigenvalue weighted by Gasteiger charge is 2.16. The van der Waals surface area contributed by atoms with E-state index in [1.165, 1.54) is 0 Å². The van der Waals surface area contributed by atoms with Gasteiger partial charge >= 0.3 is 5.97 Å². The molecule has 0 radical (unpaired) electrons. The van der Waals surface area contributed by atoms with Crippen molar-refractivity contribution in [1.29, 1.82) is 0 Å². The summed E-state index contributed by atoms with van der Waals surface area (Å²) in [4.78, 5) is 11.1. The van der Waals surface area contributed by atoms with E-state index in [2.05, 4.69) is 26.1 Å². The Morgan fingerprint density at radius 1 is 1.44 bits per heavy atom. The highest BCUT2D eigenvalue weighted by Crippen LogP contribution is 2.17. The summed E-state index contributed by atoms with van der Waals surface area (Å²) in [6, 6.07) is 0. The first-order chi connectivity index (χ1) is 7.41. The van der Waals surface area contributed by atoms with E-state index in [-0.39, 0.29) is 17.8 Å². The van der Waals surface area contributed by atoms with Crippen molar-refractivity contribution in [2.24, 2.45) is 5.41 Å². The van der Waals surface area contributed by atoms with Crippen molar-refractivity contribution < 1.29 is 14.6 Å². The summed E-state index contributed by atoms with van der Waals surface area (Å²) in [6.45, 7) is 9.85. The van der Waals surface area contributed by atoms with E-state index in [0.717, 1.165) is 13.0 Å². The number of rotatable bonds is 8. The molecule has 0 aromatic heterocycles. The fourth-order valence-corrected chi connectivity index (χ4v) is 1.19. The second-order valence-corrected chi connectivity index (χ2v) is 4.81. The van der Waals surface area contributed by atoms with Crippen LogP contribution in [0.25, 0.3) is 0 Å². The lowest BCUT2D eigenvalue weighted by Gasteiger charge is -2.23. The minimum absolute atomic E-state index is 0.0629. The van der Waals surface area contributed by atoms with Gasteiger partial charge in [-0.25, -0.2) is 0 Å². The van der Waals surface area contributed by atoms with Crippen LogP contribution in [0.5, 0.6) is 0 Å². The van der Waals surface area contributed by atoms with Gasteiger partial charge in [-0.3, -0.25) is 4.79 Å². The van der Waals surface area contributed by atoms with Crippen molar-refractivity contribution in [2.45, 2.75) is 46.6 Å². The summed E-state index contributed by atoms with van der Waals surface area (Å²) in [6.07, 6.45) is 0.480. The van der Waals surface area contributed by atoms with Crippen LogP contribution in [0.4, 0.5) is 0 Å². The molecule has 0 aliphatic carbocycles. The van der Waals surface area contributed by atoms with E-state index in [9.17, 15) is 9.90 Å². The van der Waals surface area contributed by atoms with Crippen molar-refractivity contribution >= 4 is 5.97 Å². The smallest absolute Gasteiger partial charge is 0.308 e. The van der Waals surface area contributed by atoms with Gasteiger partial charge in [-0.15, -0.1) is 0 Å². The zero-order valence-corrected chi connectivity index (χ0v) is 10.9. The Bertz CT molecular complexity index is 204. The Morgan fingerprint density at radius 2 is 2.06 bits per heavy atom. The van der Waals surface area contributed by atoms with Crippen molar-refractivity contribution in [3.8, 4) is 0 Å². The van der Waals surface area contributed by atoms with E-state index in [4.69, 9.17) is 4.74 Å². The predicted molar refractivity (Wildman–Crippen MR) is 64.2 cm³/mol. The molecule has 4 nitrogen and oxygen atoms in total. The molecule has 1 atom stereocenters. The van der Waals surface area contributed by atoms with Gasteiger partial charge in [0.1, 0.15) is 0 Å². The normalized spacial score (nSPS) is 13.6. The molecule has 0 spiro atoms. The molecule has 0 aromatic rings. The first-order valence-electron chi connectivity index (χ1n) is 5.95. The summed E-state index contributed by atoms with van der Waals surface area (Å²) in [5.41, 5.74) is 0.226. The number of esters is 1. The van der Waals surface area contributed by atoms with Crippen molar-refractivity contribution in [3.63, 3.8) is 0 Å². The zero-order valence-electron chi connectivity index (χ0n) is 10.9. The van der Waals surface area contributed by atoms with Crippen LogP contribution >= 0.6 is 0 Å². The molecule has 0 rings (SSSR count). The quantitative estimate of drug-likeness (QED) is 0.619. The SMILES string of the molecule is CCOC(=O)CC(O)CNCC(C)(C)CC. The molecule has 0 amide bonds. The molecule has 16 heavy (non-hydrogen) atoms. The second-order valence-electron chi connectivity index (χ2n) is 4.81. The van der Waals surface area contributed by atoms with Gasteiger partial charge in [0.2, 0.25) is 0 Å². The van der Waals surface area contributed by atoms with Gasteiger partial charge in [-0.1, -0.05) is 20.8 Å². The highest BCUT2D eigenvalue weighted by atomic mass is 16.5. The lowest BCUT2D eigenvalue weighted by atomic mass is 9.90. The van der Waals surface area contributed by atoms with Crippen LogP contribution in [-0.4, -0.2) is 36.9 Å². The molecule has 0 heterocycles. The maximum Gasteiger partial charge on any atom is 0.308 e. The van der Waals surface area contributed by atoms with E-state index in [1.54, 1.807) is 6.92 Å². The Balaban J connectivity index is 3.65. The molecule has 0 aromatic carbocycles. The summed E-state index contributed by atoms with van der Waals surface area (Å²) in [7, 11) is 0. The lowest BCUT2D eigenvalue weighted by molar-refractivity contribution is -0.145. The number of carbonyl (C=O) groups is 1. The Labute approximate surface area is 98.4 Å². The molecule has 2 N–H and O–H groups in total.